The van der Waals surface area contributed by atoms with Gasteiger partial charge >= 0.3 is 0 Å². The second-order valence-electron chi connectivity index (χ2n) is 5.77. The van der Waals surface area contributed by atoms with Crippen molar-refractivity contribution in [3.05, 3.63) is 0 Å². The molecule has 1 heterocycles. The maximum Gasteiger partial charge on any atom is 0.231 e. The van der Waals surface area contributed by atoms with E-state index in [0.29, 0.717) is 24.5 Å². The molecule has 2 atom stereocenters. The third-order valence-corrected chi connectivity index (χ3v) is 3.81. The Kier molecular flexibility index (Phi) is 4.97. The lowest BCUT2D eigenvalue weighted by atomic mass is 9.90. The number of nitrogens with two attached hydrogens (primary N) is 1. The Balaban J connectivity index is 1.84. The molecule has 2 rings (SSSR count). The van der Waals surface area contributed by atoms with Crippen molar-refractivity contribution in [3.63, 3.8) is 0 Å². The summed E-state index contributed by atoms with van der Waals surface area (Å²) in [5.41, 5.74) is 5.29. The number of aliphatic hydroxyl groups is 1. The molecular formula is C13H25N3O2. The monoisotopic (exact) mass is 255 g/mol. The molecule has 0 spiro atoms. The number of primary amides is 1. The van der Waals surface area contributed by atoms with E-state index in [1.807, 2.05) is 0 Å². The zero-order chi connectivity index (χ0) is 13.0. The first-order valence-electron chi connectivity index (χ1n) is 7.05. The summed E-state index contributed by atoms with van der Waals surface area (Å²) in [7, 11) is 0. The Hall–Kier alpha value is -0.650. The Morgan fingerprint density at radius 3 is 2.72 bits per heavy atom. The molecule has 0 aromatic carbocycles. The zero-order valence-corrected chi connectivity index (χ0v) is 11.0. The predicted octanol–water partition coefficient (Wildman–Crippen LogP) is -0.313. The fraction of sp³-hybridized carbons (Fsp3) is 0.923. The van der Waals surface area contributed by atoms with Crippen LogP contribution >= 0.6 is 0 Å². The summed E-state index contributed by atoms with van der Waals surface area (Å²) in [5.74, 6) is 0.324. The van der Waals surface area contributed by atoms with E-state index in [0.717, 1.165) is 32.4 Å². The van der Waals surface area contributed by atoms with E-state index in [9.17, 15) is 4.79 Å². The number of aliphatic hydroxyl groups excluding tert-OH is 1. The van der Waals surface area contributed by atoms with Gasteiger partial charge in [-0.2, -0.15) is 0 Å². The van der Waals surface area contributed by atoms with Crippen molar-refractivity contribution in [1.29, 1.82) is 0 Å². The molecule has 0 aromatic heterocycles. The van der Waals surface area contributed by atoms with Crippen molar-refractivity contribution in [2.45, 2.75) is 44.2 Å². The molecule has 5 heteroatoms. The van der Waals surface area contributed by atoms with Crippen molar-refractivity contribution < 1.29 is 9.90 Å². The van der Waals surface area contributed by atoms with E-state index < -0.39 is 0 Å². The van der Waals surface area contributed by atoms with Crippen molar-refractivity contribution in [3.8, 4) is 0 Å². The van der Waals surface area contributed by atoms with Crippen LogP contribution in [0.5, 0.6) is 0 Å². The van der Waals surface area contributed by atoms with E-state index in [4.69, 9.17) is 10.8 Å². The van der Waals surface area contributed by atoms with Gasteiger partial charge in [-0.3, -0.25) is 9.69 Å². The highest BCUT2D eigenvalue weighted by atomic mass is 16.2. The number of rotatable bonds is 7. The number of nitrogens with zero attached hydrogens (tertiary/aromatic N) is 1. The zero-order valence-electron chi connectivity index (χ0n) is 11.0. The van der Waals surface area contributed by atoms with Crippen LogP contribution in [0.3, 0.4) is 0 Å². The van der Waals surface area contributed by atoms with Gasteiger partial charge in [-0.15, -0.1) is 0 Å². The first-order chi connectivity index (χ1) is 8.67. The van der Waals surface area contributed by atoms with Crippen LogP contribution in [-0.4, -0.2) is 54.2 Å². The number of nitrogens with one attached hydrogen (secondary N) is 1. The highest BCUT2D eigenvalue weighted by Crippen LogP contribution is 2.25. The summed E-state index contributed by atoms with van der Waals surface area (Å²) in [4.78, 5) is 13.2. The summed E-state index contributed by atoms with van der Waals surface area (Å²) in [6, 6.07) is 1.18. The van der Waals surface area contributed by atoms with Crippen molar-refractivity contribution in [2.24, 2.45) is 11.7 Å². The van der Waals surface area contributed by atoms with Crippen molar-refractivity contribution in [1.82, 2.24) is 10.2 Å². The molecule has 1 saturated heterocycles. The van der Waals surface area contributed by atoms with E-state index >= 15 is 0 Å². The molecule has 0 aromatic rings. The van der Waals surface area contributed by atoms with Gasteiger partial charge < -0.3 is 16.2 Å². The van der Waals surface area contributed by atoms with Crippen LogP contribution in [0, 0.1) is 5.92 Å². The van der Waals surface area contributed by atoms with Gasteiger partial charge in [-0.25, -0.2) is 0 Å². The number of carbonyl (C=O) groups excluding carboxylic acids is 1. The van der Waals surface area contributed by atoms with Crippen LogP contribution in [0.4, 0.5) is 0 Å². The topological polar surface area (TPSA) is 78.6 Å². The Morgan fingerprint density at radius 2 is 2.11 bits per heavy atom. The standard InChI is InChI=1S/C13H25N3O2/c14-13(18)9-16-7-10(2-1-5-17)6-12(8-16)15-11-3-4-11/h10-12,15,17H,1-9H2,(H2,14,18). The highest BCUT2D eigenvalue weighted by Gasteiger charge is 2.31. The highest BCUT2D eigenvalue weighted by molar-refractivity contribution is 5.75. The molecule has 1 saturated carbocycles. The molecular weight excluding hydrogens is 230 g/mol. The van der Waals surface area contributed by atoms with Gasteiger partial charge in [-0.1, -0.05) is 0 Å². The van der Waals surface area contributed by atoms with Crippen molar-refractivity contribution in [2.75, 3.05) is 26.2 Å². The summed E-state index contributed by atoms with van der Waals surface area (Å²) < 4.78 is 0. The number of carbonyl (C=O) groups is 1. The molecule has 104 valence electrons. The number of hydrogen-bond donors (Lipinski definition) is 3. The normalized spacial score (nSPS) is 29.4. The van der Waals surface area contributed by atoms with E-state index in [-0.39, 0.29) is 12.5 Å². The van der Waals surface area contributed by atoms with Crippen LogP contribution in [0.15, 0.2) is 0 Å². The minimum Gasteiger partial charge on any atom is -0.396 e. The molecule has 2 unspecified atom stereocenters. The van der Waals surface area contributed by atoms with Gasteiger partial charge in [0, 0.05) is 31.8 Å². The molecule has 0 bridgehead atoms. The molecule has 4 N–H and O–H groups in total. The minimum atomic E-state index is -0.247. The summed E-state index contributed by atoms with van der Waals surface area (Å²) in [6.45, 7) is 2.48. The van der Waals surface area contributed by atoms with E-state index in [2.05, 4.69) is 10.2 Å². The van der Waals surface area contributed by atoms with Crippen LogP contribution in [0.1, 0.15) is 32.1 Å². The van der Waals surface area contributed by atoms with E-state index in [1.165, 1.54) is 12.8 Å². The maximum atomic E-state index is 11.0. The Labute approximate surface area is 109 Å². The fourth-order valence-corrected chi connectivity index (χ4v) is 2.95. The van der Waals surface area contributed by atoms with Crippen LogP contribution in [-0.2, 0) is 4.79 Å². The van der Waals surface area contributed by atoms with E-state index in [1.54, 1.807) is 0 Å². The van der Waals surface area contributed by atoms with Gasteiger partial charge in [0.1, 0.15) is 0 Å². The maximum absolute atomic E-state index is 11.0. The second kappa shape index (κ2) is 6.50. The van der Waals surface area contributed by atoms with Gasteiger partial charge in [0.2, 0.25) is 5.91 Å². The van der Waals surface area contributed by atoms with Gasteiger partial charge in [-0.05, 0) is 38.0 Å². The van der Waals surface area contributed by atoms with Crippen LogP contribution < -0.4 is 11.1 Å². The Morgan fingerprint density at radius 1 is 1.33 bits per heavy atom. The summed E-state index contributed by atoms with van der Waals surface area (Å²) >= 11 is 0. The lowest BCUT2D eigenvalue weighted by molar-refractivity contribution is -0.119. The number of hydrogen-bond acceptors (Lipinski definition) is 4. The van der Waals surface area contributed by atoms with Gasteiger partial charge in [0.05, 0.1) is 6.54 Å². The first kappa shape index (κ1) is 13.8. The molecule has 2 aliphatic rings. The van der Waals surface area contributed by atoms with Crippen molar-refractivity contribution >= 4 is 5.91 Å². The molecule has 5 nitrogen and oxygen atoms in total. The second-order valence-corrected chi connectivity index (χ2v) is 5.77. The average molecular weight is 255 g/mol. The quantitative estimate of drug-likeness (QED) is 0.583. The third-order valence-electron chi connectivity index (χ3n) is 3.81. The van der Waals surface area contributed by atoms with Crippen LogP contribution in [0.2, 0.25) is 0 Å². The molecule has 1 amide bonds. The van der Waals surface area contributed by atoms with Gasteiger partial charge in [0.25, 0.3) is 0 Å². The number of piperidine rings is 1. The largest absolute Gasteiger partial charge is 0.396 e. The molecule has 1 aliphatic heterocycles. The first-order valence-corrected chi connectivity index (χ1v) is 7.05. The Bertz CT molecular complexity index is 281. The molecule has 18 heavy (non-hydrogen) atoms. The summed E-state index contributed by atoms with van der Waals surface area (Å²) in [6.07, 6.45) is 5.62. The van der Waals surface area contributed by atoms with Crippen LogP contribution in [0.25, 0.3) is 0 Å². The number of amides is 1. The fourth-order valence-electron chi connectivity index (χ4n) is 2.95. The third kappa shape index (κ3) is 4.55. The summed E-state index contributed by atoms with van der Waals surface area (Å²) in [5, 5.41) is 12.6. The predicted molar refractivity (Wildman–Crippen MR) is 70.0 cm³/mol. The minimum absolute atomic E-state index is 0.247. The molecule has 2 fully saturated rings. The SMILES string of the molecule is NC(=O)CN1CC(CCCO)CC(NC2CC2)C1. The smallest absolute Gasteiger partial charge is 0.231 e. The number of likely N-dealkylation sites (tertiary alicyclic amines) is 1. The van der Waals surface area contributed by atoms with Gasteiger partial charge in [0.15, 0.2) is 0 Å². The molecule has 0 radical (unpaired) electrons. The average Bonchev–Trinajstić information content (AvgIpc) is 3.09. The molecule has 1 aliphatic carbocycles. The lowest BCUT2D eigenvalue weighted by Crippen LogP contribution is -2.51. The lowest BCUT2D eigenvalue weighted by Gasteiger charge is -2.37.